The minimum Gasteiger partial charge on any atom is -0.351 e. The smallest absolute Gasteiger partial charge is 0.253 e. The largest absolute Gasteiger partial charge is 0.351 e. The number of rotatable bonds is 4. The van der Waals surface area contributed by atoms with Crippen molar-refractivity contribution in [2.24, 2.45) is 0 Å². The molecular formula is C18H19F2N3O2S. The molecule has 0 saturated carbocycles. The van der Waals surface area contributed by atoms with Crippen molar-refractivity contribution in [3.63, 3.8) is 0 Å². The van der Waals surface area contributed by atoms with E-state index in [4.69, 9.17) is 0 Å². The molecule has 1 fully saturated rings. The fourth-order valence-electron chi connectivity index (χ4n) is 2.95. The number of amides is 2. The number of nitrogens with one attached hydrogen (secondary N) is 1. The number of likely N-dealkylation sites (tertiary alicyclic amines) is 1. The van der Waals surface area contributed by atoms with Gasteiger partial charge in [-0.15, -0.1) is 11.3 Å². The first-order valence-electron chi connectivity index (χ1n) is 8.37. The Morgan fingerprint density at radius 2 is 2.00 bits per heavy atom. The van der Waals surface area contributed by atoms with Crippen LogP contribution >= 0.6 is 11.3 Å². The molecule has 3 rings (SSSR count). The lowest BCUT2D eigenvalue weighted by atomic mass is 9.97. The molecule has 138 valence electrons. The van der Waals surface area contributed by atoms with Crippen molar-refractivity contribution in [1.29, 1.82) is 0 Å². The van der Waals surface area contributed by atoms with Crippen LogP contribution < -0.4 is 5.32 Å². The lowest BCUT2D eigenvalue weighted by molar-refractivity contribution is -0.119. The molecule has 0 radical (unpaired) electrons. The van der Waals surface area contributed by atoms with Crippen molar-refractivity contribution in [2.45, 2.75) is 32.2 Å². The summed E-state index contributed by atoms with van der Waals surface area (Å²) in [7, 11) is 0. The number of nitrogens with zero attached hydrogens (tertiary/aromatic N) is 2. The second-order valence-electron chi connectivity index (χ2n) is 6.28. The van der Waals surface area contributed by atoms with Gasteiger partial charge < -0.3 is 10.2 Å². The van der Waals surface area contributed by atoms with Crippen LogP contribution in [0.4, 0.5) is 8.78 Å². The number of halogens is 2. The molecule has 2 heterocycles. The summed E-state index contributed by atoms with van der Waals surface area (Å²) in [6, 6.07) is 3.22. The maximum atomic E-state index is 13.3. The number of thiazole rings is 1. The summed E-state index contributed by atoms with van der Waals surface area (Å²) in [5.74, 6) is -2.09. The molecule has 0 unspecified atom stereocenters. The molecule has 2 amide bonds. The molecule has 0 aliphatic carbocycles. The monoisotopic (exact) mass is 379 g/mol. The lowest BCUT2D eigenvalue weighted by Gasteiger charge is -2.31. The maximum absolute atomic E-state index is 13.3. The summed E-state index contributed by atoms with van der Waals surface area (Å²) >= 11 is 1.56. The molecule has 0 spiro atoms. The first kappa shape index (κ1) is 18.4. The highest BCUT2D eigenvalue weighted by Crippen LogP contribution is 2.31. The highest BCUT2D eigenvalue weighted by Gasteiger charge is 2.26. The predicted molar refractivity (Wildman–Crippen MR) is 93.9 cm³/mol. The Kier molecular flexibility index (Phi) is 5.61. The number of hydrogen-bond acceptors (Lipinski definition) is 4. The third-order valence-corrected chi connectivity index (χ3v) is 5.44. The molecule has 8 heteroatoms. The van der Waals surface area contributed by atoms with E-state index in [0.29, 0.717) is 19.6 Å². The molecular weight excluding hydrogens is 360 g/mol. The second kappa shape index (κ2) is 7.90. The van der Waals surface area contributed by atoms with E-state index < -0.39 is 11.6 Å². The van der Waals surface area contributed by atoms with Crippen molar-refractivity contribution in [3.05, 3.63) is 51.5 Å². The van der Waals surface area contributed by atoms with Gasteiger partial charge >= 0.3 is 0 Å². The maximum Gasteiger partial charge on any atom is 0.253 e. The highest BCUT2D eigenvalue weighted by molar-refractivity contribution is 7.09. The number of hydrogen-bond donors (Lipinski definition) is 1. The van der Waals surface area contributed by atoms with Crippen molar-refractivity contribution >= 4 is 23.2 Å². The van der Waals surface area contributed by atoms with E-state index in [1.807, 2.05) is 5.38 Å². The van der Waals surface area contributed by atoms with Crippen LogP contribution in [0.1, 0.15) is 46.7 Å². The zero-order chi connectivity index (χ0) is 18.7. The van der Waals surface area contributed by atoms with Gasteiger partial charge in [0.05, 0.1) is 17.2 Å². The SMILES string of the molecule is CC(=O)NCc1csc(C2CCN(C(=O)c3ccc(F)c(F)c3)CC2)n1. The van der Waals surface area contributed by atoms with Crippen molar-refractivity contribution in [3.8, 4) is 0 Å². The quantitative estimate of drug-likeness (QED) is 0.888. The number of benzene rings is 1. The van der Waals surface area contributed by atoms with Crippen LogP contribution in [0.3, 0.4) is 0 Å². The lowest BCUT2D eigenvalue weighted by Crippen LogP contribution is -2.38. The number of carbonyl (C=O) groups excluding carboxylic acids is 2. The van der Waals surface area contributed by atoms with E-state index in [0.717, 1.165) is 35.7 Å². The standard InChI is InChI=1S/C18H19F2N3O2S/c1-11(24)21-9-14-10-26-17(22-14)12-4-6-23(7-5-12)18(25)13-2-3-15(19)16(20)8-13/h2-3,8,10,12H,4-7,9H2,1H3,(H,21,24). The van der Waals surface area contributed by atoms with Crippen LogP contribution in [-0.4, -0.2) is 34.8 Å². The molecule has 1 aromatic carbocycles. The average molecular weight is 379 g/mol. The van der Waals surface area contributed by atoms with Crippen LogP contribution in [-0.2, 0) is 11.3 Å². The molecule has 0 atom stereocenters. The van der Waals surface area contributed by atoms with Crippen molar-refractivity contribution in [2.75, 3.05) is 13.1 Å². The van der Waals surface area contributed by atoms with Crippen LogP contribution in [0, 0.1) is 11.6 Å². The minimum atomic E-state index is -1.01. The van der Waals surface area contributed by atoms with Gasteiger partial charge in [-0.3, -0.25) is 9.59 Å². The van der Waals surface area contributed by atoms with Crippen LogP contribution in [0.25, 0.3) is 0 Å². The van der Waals surface area contributed by atoms with Gasteiger partial charge in [0.1, 0.15) is 0 Å². The summed E-state index contributed by atoms with van der Waals surface area (Å²) in [4.78, 5) is 29.6. The number of carbonyl (C=O) groups is 2. The van der Waals surface area contributed by atoms with Gasteiger partial charge in [0.25, 0.3) is 5.91 Å². The van der Waals surface area contributed by atoms with Gasteiger partial charge in [-0.25, -0.2) is 13.8 Å². The van der Waals surface area contributed by atoms with Gasteiger partial charge in [0.2, 0.25) is 5.91 Å². The molecule has 5 nitrogen and oxygen atoms in total. The summed E-state index contributed by atoms with van der Waals surface area (Å²) in [5, 5.41) is 5.66. The third kappa shape index (κ3) is 4.24. The van der Waals surface area contributed by atoms with Crippen molar-refractivity contribution in [1.82, 2.24) is 15.2 Å². The van der Waals surface area contributed by atoms with Gasteiger partial charge in [0.15, 0.2) is 11.6 Å². The molecule has 26 heavy (non-hydrogen) atoms. The average Bonchev–Trinajstić information content (AvgIpc) is 3.11. The first-order valence-corrected chi connectivity index (χ1v) is 9.25. The zero-order valence-electron chi connectivity index (χ0n) is 14.3. The fourth-order valence-corrected chi connectivity index (χ4v) is 3.94. The van der Waals surface area contributed by atoms with Crippen molar-refractivity contribution < 1.29 is 18.4 Å². The van der Waals surface area contributed by atoms with Gasteiger partial charge in [0, 0.05) is 36.9 Å². The minimum absolute atomic E-state index is 0.0939. The molecule has 1 saturated heterocycles. The van der Waals surface area contributed by atoms with Crippen LogP contribution in [0.15, 0.2) is 23.6 Å². The van der Waals surface area contributed by atoms with E-state index in [1.54, 1.807) is 16.2 Å². The molecule has 0 bridgehead atoms. The topological polar surface area (TPSA) is 62.3 Å². The first-order chi connectivity index (χ1) is 12.4. The third-order valence-electron chi connectivity index (χ3n) is 4.39. The van der Waals surface area contributed by atoms with Gasteiger partial charge in [-0.05, 0) is 31.0 Å². The normalized spacial score (nSPS) is 15.1. The Morgan fingerprint density at radius 1 is 1.27 bits per heavy atom. The molecule has 1 N–H and O–H groups in total. The zero-order valence-corrected chi connectivity index (χ0v) is 15.1. The van der Waals surface area contributed by atoms with E-state index in [9.17, 15) is 18.4 Å². The van der Waals surface area contributed by atoms with E-state index in [1.165, 1.54) is 13.0 Å². The summed E-state index contributed by atoms with van der Waals surface area (Å²) < 4.78 is 26.3. The summed E-state index contributed by atoms with van der Waals surface area (Å²) in [6.07, 6.45) is 1.53. The Bertz CT molecular complexity index is 817. The number of aromatic nitrogens is 1. The van der Waals surface area contributed by atoms with Crippen LogP contribution in [0.2, 0.25) is 0 Å². The molecule has 1 aliphatic heterocycles. The highest BCUT2D eigenvalue weighted by atomic mass is 32.1. The predicted octanol–water partition coefficient (Wildman–Crippen LogP) is 3.08. The summed E-state index contributed by atoms with van der Waals surface area (Å²) in [6.45, 7) is 2.97. The van der Waals surface area contributed by atoms with Crippen LogP contribution in [0.5, 0.6) is 0 Å². The Morgan fingerprint density at radius 3 is 2.65 bits per heavy atom. The van der Waals surface area contributed by atoms with E-state index in [-0.39, 0.29) is 23.3 Å². The molecule has 1 aromatic heterocycles. The summed E-state index contributed by atoms with van der Waals surface area (Å²) in [5.41, 5.74) is 0.995. The Balaban J connectivity index is 1.57. The second-order valence-corrected chi connectivity index (χ2v) is 7.17. The van der Waals surface area contributed by atoms with E-state index >= 15 is 0 Å². The van der Waals surface area contributed by atoms with Gasteiger partial charge in [-0.1, -0.05) is 0 Å². The Labute approximate surface area is 154 Å². The molecule has 1 aliphatic rings. The number of piperidine rings is 1. The fraction of sp³-hybridized carbons (Fsp3) is 0.389. The Hall–Kier alpha value is -2.35. The van der Waals surface area contributed by atoms with E-state index in [2.05, 4.69) is 10.3 Å². The molecule has 2 aromatic rings. The van der Waals surface area contributed by atoms with Gasteiger partial charge in [-0.2, -0.15) is 0 Å².